The first-order valence-electron chi connectivity index (χ1n) is 13.1. The molecule has 198 valence electrons. The summed E-state index contributed by atoms with van der Waals surface area (Å²) in [5, 5.41) is 10.8. The highest BCUT2D eigenvalue weighted by atomic mass is 35.5. The average molecular weight is 519 g/mol. The number of benzene rings is 1. The predicted octanol–water partition coefficient (Wildman–Crippen LogP) is 4.01. The maximum atomic E-state index is 11.2. The smallest absolute Gasteiger partial charge is 0.234 e. The third-order valence-corrected chi connectivity index (χ3v) is 7.49. The van der Waals surface area contributed by atoms with Crippen molar-refractivity contribution in [2.24, 2.45) is 0 Å². The Bertz CT molecular complexity index is 1010. The molecule has 9 nitrogen and oxygen atoms in total. The zero-order valence-corrected chi connectivity index (χ0v) is 22.2. The molecule has 1 aromatic carbocycles. The van der Waals surface area contributed by atoms with Crippen molar-refractivity contribution in [2.75, 3.05) is 56.9 Å². The van der Waals surface area contributed by atoms with E-state index in [2.05, 4.69) is 20.9 Å². The molecule has 10 heteroatoms. The number of halogens is 1. The Morgan fingerprint density at radius 3 is 2.42 bits per heavy atom. The largest absolute Gasteiger partial charge is 0.493 e. The van der Waals surface area contributed by atoms with Gasteiger partial charge in [0.15, 0.2) is 11.5 Å². The summed E-state index contributed by atoms with van der Waals surface area (Å²) < 4.78 is 11.1. The highest BCUT2D eigenvalue weighted by molar-refractivity contribution is 6.27. The number of unbranched alkanes of at least 4 members (excludes halogenated alkanes) is 2. The summed E-state index contributed by atoms with van der Waals surface area (Å²) in [5.41, 5.74) is 0.809. The van der Waals surface area contributed by atoms with Gasteiger partial charge >= 0.3 is 0 Å². The van der Waals surface area contributed by atoms with E-state index < -0.39 is 0 Å². The van der Waals surface area contributed by atoms with E-state index >= 15 is 0 Å². The Morgan fingerprint density at radius 2 is 1.75 bits per heavy atom. The van der Waals surface area contributed by atoms with Gasteiger partial charge in [0, 0.05) is 49.7 Å². The number of nitrogens with zero attached hydrogens (tertiary/aromatic N) is 3. The van der Waals surface area contributed by atoms with Crippen molar-refractivity contribution in [3.8, 4) is 11.5 Å². The van der Waals surface area contributed by atoms with Crippen molar-refractivity contribution >= 4 is 40.2 Å². The number of amides is 1. The molecule has 3 N–H and O–H groups in total. The molecule has 2 aliphatic rings. The van der Waals surface area contributed by atoms with Gasteiger partial charge in [0.05, 0.1) is 19.7 Å². The molecule has 1 aliphatic heterocycles. The molecular formula is C26H39ClN6O3. The fourth-order valence-corrected chi connectivity index (χ4v) is 5.00. The van der Waals surface area contributed by atoms with Crippen LogP contribution in [0.15, 0.2) is 12.1 Å². The van der Waals surface area contributed by atoms with Crippen molar-refractivity contribution in [3.63, 3.8) is 0 Å². The number of hydrogen-bond donors (Lipinski definition) is 3. The van der Waals surface area contributed by atoms with Gasteiger partial charge in [0.1, 0.15) is 11.7 Å². The van der Waals surface area contributed by atoms with Crippen molar-refractivity contribution < 1.29 is 14.3 Å². The normalized spacial score (nSPS) is 17.0. The molecule has 0 bridgehead atoms. The Morgan fingerprint density at radius 1 is 1.03 bits per heavy atom. The number of hydrogen-bond acceptors (Lipinski definition) is 8. The number of likely N-dealkylation sites (tertiary alicyclic amines) is 1. The number of anilines is 2. The first-order valence-corrected chi connectivity index (χ1v) is 13.7. The minimum atomic E-state index is -0.125. The maximum Gasteiger partial charge on any atom is 0.234 e. The van der Waals surface area contributed by atoms with Gasteiger partial charge < -0.3 is 30.3 Å². The van der Waals surface area contributed by atoms with Gasteiger partial charge in [-0.15, -0.1) is 11.6 Å². The summed E-state index contributed by atoms with van der Waals surface area (Å²) in [4.78, 5) is 23.5. The van der Waals surface area contributed by atoms with Crippen LogP contribution >= 0.6 is 11.6 Å². The van der Waals surface area contributed by atoms with Crippen LogP contribution in [-0.2, 0) is 4.79 Å². The summed E-state index contributed by atoms with van der Waals surface area (Å²) in [6, 6.07) is 5.04. The zero-order chi connectivity index (χ0) is 25.3. The molecule has 1 aromatic heterocycles. The fraction of sp³-hybridized carbons (Fsp3) is 0.654. The van der Waals surface area contributed by atoms with Crippen LogP contribution in [0.4, 0.5) is 11.8 Å². The Labute approximate surface area is 218 Å². The number of piperidine rings is 1. The number of methoxy groups -OCH3 is 2. The fourth-order valence-electron chi connectivity index (χ4n) is 4.90. The lowest BCUT2D eigenvalue weighted by Gasteiger charge is -2.42. The first kappa shape index (κ1) is 26.5. The van der Waals surface area contributed by atoms with Gasteiger partial charge in [-0.1, -0.05) is 6.42 Å². The van der Waals surface area contributed by atoms with Crippen molar-refractivity contribution in [2.45, 2.75) is 63.5 Å². The zero-order valence-electron chi connectivity index (χ0n) is 21.4. The van der Waals surface area contributed by atoms with E-state index in [1.54, 1.807) is 14.2 Å². The van der Waals surface area contributed by atoms with E-state index in [4.69, 9.17) is 31.0 Å². The van der Waals surface area contributed by atoms with Crippen LogP contribution < -0.4 is 25.4 Å². The van der Waals surface area contributed by atoms with Crippen LogP contribution in [0.2, 0.25) is 0 Å². The molecule has 36 heavy (non-hydrogen) atoms. The van der Waals surface area contributed by atoms with Crippen molar-refractivity contribution in [1.29, 1.82) is 0 Å². The standard InChI is InChI=1S/C26H39ClN6O3/c1-35-22-15-20-21(16-23(22)36-2)31-26(29-12-5-3-4-11-28-24(34)17-27)32-25(20)30-18-9-13-33(14-10-18)19-7-6-8-19/h15-16,18-19H,3-14,17H2,1-2H3,(H,28,34)(H2,29,30,31,32). The molecule has 2 fully saturated rings. The van der Waals surface area contributed by atoms with Crippen molar-refractivity contribution in [1.82, 2.24) is 20.2 Å². The van der Waals surface area contributed by atoms with Crippen LogP contribution in [0.5, 0.6) is 11.5 Å². The predicted molar refractivity (Wildman–Crippen MR) is 145 cm³/mol. The van der Waals surface area contributed by atoms with E-state index in [0.717, 1.165) is 74.5 Å². The molecule has 1 aliphatic carbocycles. The van der Waals surface area contributed by atoms with Crippen molar-refractivity contribution in [3.05, 3.63) is 12.1 Å². The molecular weight excluding hydrogens is 480 g/mol. The van der Waals surface area contributed by atoms with E-state index in [9.17, 15) is 4.79 Å². The van der Waals surface area contributed by atoms with Gasteiger partial charge in [-0.2, -0.15) is 4.98 Å². The number of nitrogens with one attached hydrogen (secondary N) is 3. The first-order chi connectivity index (χ1) is 17.6. The van der Waals surface area contributed by atoms with Crippen LogP contribution in [0.3, 0.4) is 0 Å². The number of ether oxygens (including phenoxy) is 2. The Balaban J connectivity index is 1.41. The summed E-state index contributed by atoms with van der Waals surface area (Å²) >= 11 is 5.50. The summed E-state index contributed by atoms with van der Waals surface area (Å²) in [6.07, 6.45) is 9.15. The summed E-state index contributed by atoms with van der Waals surface area (Å²) in [5.74, 6) is 2.62. The monoisotopic (exact) mass is 518 g/mol. The van der Waals surface area contributed by atoms with E-state index in [1.807, 2.05) is 12.1 Å². The molecule has 2 heterocycles. The molecule has 1 amide bonds. The third kappa shape index (κ3) is 6.82. The van der Waals surface area contributed by atoms with Gasteiger partial charge in [-0.05, 0) is 51.0 Å². The number of fused-ring (bicyclic) bond motifs is 1. The van der Waals surface area contributed by atoms with Crippen LogP contribution in [-0.4, -0.2) is 79.1 Å². The van der Waals surface area contributed by atoms with E-state index in [-0.39, 0.29) is 11.8 Å². The Kier molecular flexibility index (Phi) is 9.69. The van der Waals surface area contributed by atoms with E-state index in [1.165, 1.54) is 19.3 Å². The third-order valence-electron chi connectivity index (χ3n) is 7.24. The van der Waals surface area contributed by atoms with Gasteiger partial charge in [0.25, 0.3) is 0 Å². The maximum absolute atomic E-state index is 11.2. The molecule has 4 rings (SSSR count). The van der Waals surface area contributed by atoms with Crippen LogP contribution in [0, 0.1) is 0 Å². The SMILES string of the molecule is COc1cc2nc(NCCCCCNC(=O)CCl)nc(NC3CCN(C4CCC4)CC3)c2cc1OC. The molecule has 2 aromatic rings. The van der Waals surface area contributed by atoms with Gasteiger partial charge in [-0.3, -0.25) is 4.79 Å². The minimum absolute atomic E-state index is 0.00746. The number of aromatic nitrogens is 2. The number of alkyl halides is 1. The minimum Gasteiger partial charge on any atom is -0.493 e. The summed E-state index contributed by atoms with van der Waals surface area (Å²) in [7, 11) is 3.28. The second-order valence-electron chi connectivity index (χ2n) is 9.63. The molecule has 0 spiro atoms. The van der Waals surface area contributed by atoms with Gasteiger partial charge in [0.2, 0.25) is 11.9 Å². The number of rotatable bonds is 13. The molecule has 0 atom stereocenters. The number of carbonyl (C=O) groups excluding carboxylic acids is 1. The quantitative estimate of drug-likeness (QED) is 0.270. The van der Waals surface area contributed by atoms with Crippen LogP contribution in [0.25, 0.3) is 10.9 Å². The summed E-state index contributed by atoms with van der Waals surface area (Å²) in [6.45, 7) is 3.67. The Hall–Kier alpha value is -2.52. The topological polar surface area (TPSA) is 101 Å². The van der Waals surface area contributed by atoms with Crippen LogP contribution in [0.1, 0.15) is 51.4 Å². The van der Waals surface area contributed by atoms with Gasteiger partial charge in [-0.25, -0.2) is 4.98 Å². The lowest BCUT2D eigenvalue weighted by Crippen LogP contribution is -2.47. The molecule has 0 radical (unpaired) electrons. The lowest BCUT2D eigenvalue weighted by molar-refractivity contribution is -0.118. The lowest BCUT2D eigenvalue weighted by atomic mass is 9.89. The highest BCUT2D eigenvalue weighted by Crippen LogP contribution is 2.35. The average Bonchev–Trinajstić information content (AvgIpc) is 2.87. The second kappa shape index (κ2) is 13.1. The van der Waals surface area contributed by atoms with E-state index in [0.29, 0.717) is 30.0 Å². The molecule has 0 unspecified atom stereocenters. The molecule has 1 saturated carbocycles. The second-order valence-corrected chi connectivity index (χ2v) is 9.90. The molecule has 1 saturated heterocycles. The number of carbonyl (C=O) groups is 1. The highest BCUT2D eigenvalue weighted by Gasteiger charge is 2.29.